The fourth-order valence-corrected chi connectivity index (χ4v) is 3.30. The van der Waals surface area contributed by atoms with Crippen molar-refractivity contribution < 1.29 is 14.3 Å². The number of carbonyl (C=O) groups is 2. The van der Waals surface area contributed by atoms with Crippen molar-refractivity contribution in [2.24, 2.45) is 11.7 Å². The third kappa shape index (κ3) is 3.40. The number of rotatable bonds is 4. The zero-order valence-electron chi connectivity index (χ0n) is 13.4. The fourth-order valence-electron chi connectivity index (χ4n) is 3.30. The maximum absolute atomic E-state index is 12.5. The van der Waals surface area contributed by atoms with Crippen molar-refractivity contribution >= 4 is 11.8 Å². The lowest BCUT2D eigenvalue weighted by Gasteiger charge is -2.30. The molecule has 0 spiro atoms. The zero-order chi connectivity index (χ0) is 16.3. The van der Waals surface area contributed by atoms with E-state index in [1.165, 1.54) is 0 Å². The third-order valence-corrected chi connectivity index (χ3v) is 4.37. The maximum Gasteiger partial charge on any atom is 0.251 e. The Kier molecular flexibility index (Phi) is 5.06. The third-order valence-electron chi connectivity index (χ3n) is 4.37. The largest absolute Gasteiger partial charge is 0.496 e. The molecule has 0 bridgehead atoms. The first-order chi connectivity index (χ1) is 10.4. The molecule has 0 saturated heterocycles. The van der Waals surface area contributed by atoms with Gasteiger partial charge in [-0.1, -0.05) is 12.8 Å². The van der Waals surface area contributed by atoms with Gasteiger partial charge in [0.05, 0.1) is 13.0 Å². The maximum atomic E-state index is 12.5. The number of ether oxygens (including phenoxy) is 1. The highest BCUT2D eigenvalue weighted by Crippen LogP contribution is 2.26. The molecule has 1 fully saturated rings. The molecule has 1 aromatic rings. The summed E-state index contributed by atoms with van der Waals surface area (Å²) in [5.74, 6) is 0.0430. The standard InChI is InChI=1S/C17H24N2O3/c1-10-8-12(9-11(2)15(10)22-3)17(21)19-14-7-5-4-6-13(14)16(18)20/h8-9,13-14H,4-7H2,1-3H3,(H2,18,20)(H,19,21)/t13-,14+/m1/s1. The second-order valence-corrected chi connectivity index (χ2v) is 6.02. The minimum atomic E-state index is -0.327. The van der Waals surface area contributed by atoms with Crippen LogP contribution in [0.4, 0.5) is 0 Å². The Bertz CT molecular complexity index is 560. The van der Waals surface area contributed by atoms with E-state index >= 15 is 0 Å². The number of carbonyl (C=O) groups excluding carboxylic acids is 2. The summed E-state index contributed by atoms with van der Waals surface area (Å²) in [5, 5.41) is 2.98. The molecule has 0 heterocycles. The van der Waals surface area contributed by atoms with Crippen LogP contribution in [0.5, 0.6) is 5.75 Å². The van der Waals surface area contributed by atoms with Gasteiger partial charge in [-0.25, -0.2) is 0 Å². The molecule has 5 heteroatoms. The number of primary amides is 1. The predicted molar refractivity (Wildman–Crippen MR) is 84.9 cm³/mol. The van der Waals surface area contributed by atoms with Crippen LogP contribution in [0.3, 0.4) is 0 Å². The molecule has 2 amide bonds. The van der Waals surface area contributed by atoms with Crippen LogP contribution < -0.4 is 15.8 Å². The van der Waals surface area contributed by atoms with E-state index in [9.17, 15) is 9.59 Å². The van der Waals surface area contributed by atoms with Crippen LogP contribution in [-0.4, -0.2) is 25.0 Å². The number of amides is 2. The zero-order valence-corrected chi connectivity index (χ0v) is 13.4. The van der Waals surface area contributed by atoms with Crippen LogP contribution in [0.25, 0.3) is 0 Å². The molecule has 2 rings (SSSR count). The normalized spacial score (nSPS) is 21.2. The van der Waals surface area contributed by atoms with Crippen LogP contribution in [0, 0.1) is 19.8 Å². The molecule has 22 heavy (non-hydrogen) atoms. The average Bonchev–Trinajstić information content (AvgIpc) is 2.47. The Balaban J connectivity index is 2.16. The Morgan fingerprint density at radius 3 is 2.32 bits per heavy atom. The summed E-state index contributed by atoms with van der Waals surface area (Å²) in [4.78, 5) is 24.0. The molecule has 0 aromatic heterocycles. The van der Waals surface area contributed by atoms with Crippen molar-refractivity contribution in [2.45, 2.75) is 45.6 Å². The van der Waals surface area contributed by atoms with Crippen molar-refractivity contribution in [2.75, 3.05) is 7.11 Å². The van der Waals surface area contributed by atoms with E-state index in [1.807, 2.05) is 26.0 Å². The minimum Gasteiger partial charge on any atom is -0.496 e. The Morgan fingerprint density at radius 2 is 1.77 bits per heavy atom. The number of nitrogens with two attached hydrogens (primary N) is 1. The molecule has 0 radical (unpaired) electrons. The van der Waals surface area contributed by atoms with Gasteiger partial charge in [-0.2, -0.15) is 0 Å². The lowest BCUT2D eigenvalue weighted by molar-refractivity contribution is -0.123. The number of hydrogen-bond acceptors (Lipinski definition) is 3. The first kappa shape index (κ1) is 16.3. The van der Waals surface area contributed by atoms with Crippen molar-refractivity contribution in [3.05, 3.63) is 28.8 Å². The van der Waals surface area contributed by atoms with Crippen molar-refractivity contribution in [1.82, 2.24) is 5.32 Å². The highest BCUT2D eigenvalue weighted by Gasteiger charge is 2.30. The van der Waals surface area contributed by atoms with Gasteiger partial charge in [0, 0.05) is 11.6 Å². The first-order valence-electron chi connectivity index (χ1n) is 7.69. The lowest BCUT2D eigenvalue weighted by Crippen LogP contribution is -2.47. The molecular weight excluding hydrogens is 280 g/mol. The Labute approximate surface area is 131 Å². The summed E-state index contributed by atoms with van der Waals surface area (Å²) in [6, 6.07) is 3.45. The molecule has 120 valence electrons. The summed E-state index contributed by atoms with van der Waals surface area (Å²) in [5.41, 5.74) is 7.88. The van der Waals surface area contributed by atoms with Crippen LogP contribution in [0.2, 0.25) is 0 Å². The minimum absolute atomic E-state index is 0.160. The second-order valence-electron chi connectivity index (χ2n) is 6.02. The summed E-state index contributed by atoms with van der Waals surface area (Å²) < 4.78 is 5.32. The van der Waals surface area contributed by atoms with Gasteiger partial charge in [-0.05, 0) is 49.9 Å². The fraction of sp³-hybridized carbons (Fsp3) is 0.529. The van der Waals surface area contributed by atoms with E-state index in [-0.39, 0.29) is 23.8 Å². The van der Waals surface area contributed by atoms with Crippen LogP contribution in [-0.2, 0) is 4.79 Å². The molecule has 0 unspecified atom stereocenters. The van der Waals surface area contributed by atoms with E-state index in [0.29, 0.717) is 5.56 Å². The molecule has 3 N–H and O–H groups in total. The number of aryl methyl sites for hydroxylation is 2. The van der Waals surface area contributed by atoms with Crippen LogP contribution in [0.1, 0.15) is 47.2 Å². The summed E-state index contributed by atoms with van der Waals surface area (Å²) >= 11 is 0. The molecular formula is C17H24N2O3. The van der Waals surface area contributed by atoms with Gasteiger partial charge >= 0.3 is 0 Å². The van der Waals surface area contributed by atoms with E-state index < -0.39 is 0 Å². The van der Waals surface area contributed by atoms with Crippen molar-refractivity contribution in [1.29, 1.82) is 0 Å². The molecule has 1 aromatic carbocycles. The topological polar surface area (TPSA) is 81.4 Å². The molecule has 1 aliphatic rings. The van der Waals surface area contributed by atoms with Crippen LogP contribution in [0.15, 0.2) is 12.1 Å². The van der Waals surface area contributed by atoms with Crippen LogP contribution >= 0.6 is 0 Å². The van der Waals surface area contributed by atoms with Gasteiger partial charge < -0.3 is 15.8 Å². The van der Waals surface area contributed by atoms with E-state index in [2.05, 4.69) is 5.32 Å². The molecule has 5 nitrogen and oxygen atoms in total. The molecule has 0 aliphatic heterocycles. The van der Waals surface area contributed by atoms with E-state index in [4.69, 9.17) is 10.5 Å². The quantitative estimate of drug-likeness (QED) is 0.893. The highest BCUT2D eigenvalue weighted by atomic mass is 16.5. The smallest absolute Gasteiger partial charge is 0.251 e. The monoisotopic (exact) mass is 304 g/mol. The van der Waals surface area contributed by atoms with Gasteiger partial charge in [0.25, 0.3) is 5.91 Å². The average molecular weight is 304 g/mol. The summed E-state index contributed by atoms with van der Waals surface area (Å²) in [6.45, 7) is 3.82. The second kappa shape index (κ2) is 6.81. The number of methoxy groups -OCH3 is 1. The van der Waals surface area contributed by atoms with Crippen molar-refractivity contribution in [3.63, 3.8) is 0 Å². The van der Waals surface area contributed by atoms with Gasteiger partial charge in [0.2, 0.25) is 5.91 Å². The number of nitrogens with one attached hydrogen (secondary N) is 1. The van der Waals surface area contributed by atoms with E-state index in [0.717, 1.165) is 42.6 Å². The van der Waals surface area contributed by atoms with Gasteiger partial charge in [0.15, 0.2) is 0 Å². The SMILES string of the molecule is COc1c(C)cc(C(=O)N[C@H]2CCCC[C@H]2C(N)=O)cc1C. The first-order valence-corrected chi connectivity index (χ1v) is 7.69. The Morgan fingerprint density at radius 1 is 1.18 bits per heavy atom. The molecule has 2 atom stereocenters. The van der Waals surface area contributed by atoms with Gasteiger partial charge in [0.1, 0.15) is 5.75 Å². The lowest BCUT2D eigenvalue weighted by atomic mass is 9.84. The predicted octanol–water partition coefficient (Wildman–Crippen LogP) is 2.09. The van der Waals surface area contributed by atoms with E-state index in [1.54, 1.807) is 7.11 Å². The van der Waals surface area contributed by atoms with Crippen molar-refractivity contribution in [3.8, 4) is 5.75 Å². The molecule has 1 aliphatic carbocycles. The summed E-state index contributed by atoms with van der Waals surface area (Å²) in [7, 11) is 1.62. The van der Waals surface area contributed by atoms with Gasteiger partial charge in [-0.3, -0.25) is 9.59 Å². The Hall–Kier alpha value is -2.04. The molecule has 1 saturated carbocycles. The summed E-state index contributed by atoms with van der Waals surface area (Å²) in [6.07, 6.45) is 3.55. The number of benzene rings is 1. The number of hydrogen-bond donors (Lipinski definition) is 2. The highest BCUT2D eigenvalue weighted by molar-refractivity contribution is 5.95. The van der Waals surface area contributed by atoms with Gasteiger partial charge in [-0.15, -0.1) is 0 Å².